The van der Waals surface area contributed by atoms with Crippen molar-refractivity contribution in [2.24, 2.45) is 0 Å². The van der Waals surface area contributed by atoms with Crippen molar-refractivity contribution in [3.8, 4) is 0 Å². The van der Waals surface area contributed by atoms with E-state index >= 15 is 0 Å². The molecule has 3 nitrogen and oxygen atoms in total. The lowest BCUT2D eigenvalue weighted by atomic mass is 10.3. The largest absolute Gasteiger partial charge is 0.399 e. The molecule has 1 heterocycles. The van der Waals surface area contributed by atoms with Crippen LogP contribution in [0.2, 0.25) is 0 Å². The van der Waals surface area contributed by atoms with Crippen molar-refractivity contribution in [1.82, 2.24) is 4.98 Å². The molecule has 0 amide bonds. The normalized spacial score (nSPS) is 10.4. The highest BCUT2D eigenvalue weighted by Crippen LogP contribution is 2.25. The smallest absolute Gasteiger partial charge is 0.126 e. The van der Waals surface area contributed by atoms with E-state index in [0.29, 0.717) is 17.3 Å². The molecule has 1 aromatic carbocycles. The van der Waals surface area contributed by atoms with Crippen LogP contribution in [0.3, 0.4) is 0 Å². The number of nitrogens with two attached hydrogens (primary N) is 2. The Kier molecular flexibility index (Phi) is 3.49. The van der Waals surface area contributed by atoms with Gasteiger partial charge in [0.15, 0.2) is 0 Å². The van der Waals surface area contributed by atoms with Crippen molar-refractivity contribution < 1.29 is 4.39 Å². The van der Waals surface area contributed by atoms with Crippen LogP contribution < -0.4 is 11.5 Å². The topological polar surface area (TPSA) is 64.9 Å². The minimum Gasteiger partial charge on any atom is -0.399 e. The van der Waals surface area contributed by atoms with Gasteiger partial charge in [-0.1, -0.05) is 6.07 Å². The molecule has 0 aliphatic rings. The van der Waals surface area contributed by atoms with Gasteiger partial charge in [-0.05, 0) is 29.8 Å². The Bertz CT molecular complexity index is 493. The maximum absolute atomic E-state index is 13.1. The number of rotatable bonds is 3. The van der Waals surface area contributed by atoms with Crippen LogP contribution in [0.15, 0.2) is 41.4 Å². The Labute approximate surface area is 103 Å². The first-order valence-corrected chi connectivity index (χ1v) is 6.01. The number of aromatic nitrogens is 1. The zero-order chi connectivity index (χ0) is 12.3. The van der Waals surface area contributed by atoms with Crippen molar-refractivity contribution >= 4 is 23.3 Å². The predicted molar refractivity (Wildman–Crippen MR) is 69.0 cm³/mol. The third-order valence-electron chi connectivity index (χ3n) is 2.15. The van der Waals surface area contributed by atoms with Gasteiger partial charge in [-0.3, -0.25) is 0 Å². The highest BCUT2D eigenvalue weighted by molar-refractivity contribution is 7.98. The lowest BCUT2D eigenvalue weighted by molar-refractivity contribution is 0.625. The van der Waals surface area contributed by atoms with Crippen LogP contribution in [0.4, 0.5) is 15.9 Å². The summed E-state index contributed by atoms with van der Waals surface area (Å²) in [6.45, 7) is 0. The molecule has 0 radical (unpaired) electrons. The number of thioether (sulfide) groups is 1. The van der Waals surface area contributed by atoms with Crippen LogP contribution in [-0.2, 0) is 5.75 Å². The van der Waals surface area contributed by atoms with E-state index < -0.39 is 0 Å². The Balaban J connectivity index is 2.04. The third-order valence-corrected chi connectivity index (χ3v) is 3.19. The number of anilines is 2. The molecule has 0 aliphatic heterocycles. The molecule has 0 spiro atoms. The van der Waals surface area contributed by atoms with Crippen LogP contribution in [-0.4, -0.2) is 4.98 Å². The summed E-state index contributed by atoms with van der Waals surface area (Å²) in [6, 6.07) is 8.16. The van der Waals surface area contributed by atoms with E-state index in [0.717, 1.165) is 10.5 Å². The van der Waals surface area contributed by atoms with E-state index in [4.69, 9.17) is 11.5 Å². The van der Waals surface area contributed by atoms with Gasteiger partial charge in [0.25, 0.3) is 0 Å². The van der Waals surface area contributed by atoms with Gasteiger partial charge in [-0.15, -0.1) is 11.8 Å². The van der Waals surface area contributed by atoms with Gasteiger partial charge in [0.2, 0.25) is 0 Å². The van der Waals surface area contributed by atoms with Gasteiger partial charge >= 0.3 is 0 Å². The molecule has 0 aliphatic carbocycles. The molecule has 0 saturated heterocycles. The molecule has 4 N–H and O–H groups in total. The number of nitrogens with zero attached hydrogens (tertiary/aromatic N) is 1. The van der Waals surface area contributed by atoms with Crippen LogP contribution in [0.1, 0.15) is 5.56 Å². The Morgan fingerprint density at radius 1 is 1.18 bits per heavy atom. The van der Waals surface area contributed by atoms with Crippen LogP contribution in [0.5, 0.6) is 0 Å². The van der Waals surface area contributed by atoms with Crippen LogP contribution >= 0.6 is 11.8 Å². The van der Waals surface area contributed by atoms with Crippen molar-refractivity contribution in [2.75, 3.05) is 11.5 Å². The summed E-state index contributed by atoms with van der Waals surface area (Å²) in [5, 5.41) is 0. The molecule has 0 fully saturated rings. The van der Waals surface area contributed by atoms with E-state index in [-0.39, 0.29) is 5.82 Å². The zero-order valence-corrected chi connectivity index (χ0v) is 9.88. The lowest BCUT2D eigenvalue weighted by Crippen LogP contribution is -1.91. The fourth-order valence-electron chi connectivity index (χ4n) is 1.36. The Morgan fingerprint density at radius 2 is 2.00 bits per heavy atom. The van der Waals surface area contributed by atoms with Gasteiger partial charge in [0, 0.05) is 22.5 Å². The van der Waals surface area contributed by atoms with Crippen LogP contribution in [0.25, 0.3) is 0 Å². The summed E-state index contributed by atoms with van der Waals surface area (Å²) in [7, 11) is 0. The van der Waals surface area contributed by atoms with E-state index in [1.807, 2.05) is 6.07 Å². The van der Waals surface area contributed by atoms with Gasteiger partial charge in [0.1, 0.15) is 11.6 Å². The van der Waals surface area contributed by atoms with Gasteiger partial charge < -0.3 is 11.5 Å². The maximum atomic E-state index is 13.1. The highest BCUT2D eigenvalue weighted by atomic mass is 32.2. The second kappa shape index (κ2) is 5.05. The minimum atomic E-state index is -0.317. The molecule has 1 aromatic heterocycles. The fourth-order valence-corrected chi connectivity index (χ4v) is 2.28. The van der Waals surface area contributed by atoms with Crippen molar-refractivity contribution in [1.29, 1.82) is 0 Å². The summed E-state index contributed by atoms with van der Waals surface area (Å²) in [5.41, 5.74) is 12.5. The van der Waals surface area contributed by atoms with Crippen molar-refractivity contribution in [2.45, 2.75) is 10.6 Å². The molecule has 0 unspecified atom stereocenters. The molecule has 17 heavy (non-hydrogen) atoms. The summed E-state index contributed by atoms with van der Waals surface area (Å²) >= 11 is 1.51. The number of hydrogen-bond acceptors (Lipinski definition) is 4. The molecule has 88 valence electrons. The average molecular weight is 249 g/mol. The average Bonchev–Trinajstić information content (AvgIpc) is 2.27. The number of pyridine rings is 1. The van der Waals surface area contributed by atoms with Gasteiger partial charge in [0.05, 0.1) is 0 Å². The third kappa shape index (κ3) is 3.35. The first-order chi connectivity index (χ1) is 8.13. The van der Waals surface area contributed by atoms with Crippen LogP contribution in [0, 0.1) is 5.82 Å². The SMILES string of the molecule is Nc1cc(F)cc(SCc2ccc(N)nc2)c1. The van der Waals surface area contributed by atoms with E-state index in [1.165, 1.54) is 23.9 Å². The monoisotopic (exact) mass is 249 g/mol. The number of hydrogen-bond donors (Lipinski definition) is 2. The second-order valence-electron chi connectivity index (χ2n) is 3.60. The predicted octanol–water partition coefficient (Wildman–Crippen LogP) is 2.68. The van der Waals surface area contributed by atoms with E-state index in [2.05, 4.69) is 4.98 Å². The molecule has 5 heteroatoms. The molecule has 2 rings (SSSR count). The number of nitrogen functional groups attached to an aromatic ring is 2. The van der Waals surface area contributed by atoms with Crippen molar-refractivity contribution in [3.63, 3.8) is 0 Å². The molecule has 0 bridgehead atoms. The maximum Gasteiger partial charge on any atom is 0.126 e. The summed E-state index contributed by atoms with van der Waals surface area (Å²) in [5.74, 6) is 0.882. The minimum absolute atomic E-state index is 0.317. The summed E-state index contributed by atoms with van der Waals surface area (Å²) in [4.78, 5) is 4.80. The number of benzene rings is 1. The van der Waals surface area contributed by atoms with Crippen molar-refractivity contribution in [3.05, 3.63) is 47.9 Å². The quantitative estimate of drug-likeness (QED) is 0.648. The molecule has 0 atom stereocenters. The van der Waals surface area contributed by atoms with E-state index in [1.54, 1.807) is 18.3 Å². The second-order valence-corrected chi connectivity index (χ2v) is 4.65. The molecule has 0 saturated carbocycles. The highest BCUT2D eigenvalue weighted by Gasteiger charge is 2.01. The molecule has 2 aromatic rings. The Morgan fingerprint density at radius 3 is 2.65 bits per heavy atom. The van der Waals surface area contributed by atoms with Gasteiger partial charge in [-0.25, -0.2) is 9.37 Å². The first-order valence-electron chi connectivity index (χ1n) is 5.03. The summed E-state index contributed by atoms with van der Waals surface area (Å²) in [6.07, 6.45) is 1.71. The molecular formula is C12H12FN3S. The summed E-state index contributed by atoms with van der Waals surface area (Å²) < 4.78 is 13.1. The van der Waals surface area contributed by atoms with E-state index in [9.17, 15) is 4.39 Å². The molecular weight excluding hydrogens is 237 g/mol. The first kappa shape index (κ1) is 11.7. The lowest BCUT2D eigenvalue weighted by Gasteiger charge is -2.03. The zero-order valence-electron chi connectivity index (χ0n) is 9.06. The fraction of sp³-hybridized carbons (Fsp3) is 0.0833. The number of halogens is 1. The standard InChI is InChI=1S/C12H12FN3S/c13-9-3-10(14)5-11(4-9)17-7-8-1-2-12(15)16-6-8/h1-6H,7,14H2,(H2,15,16). The van der Waals surface area contributed by atoms with Gasteiger partial charge in [-0.2, -0.15) is 0 Å². The Hall–Kier alpha value is -1.75.